The number of aromatic nitrogens is 1. The smallest absolute Gasteiger partial charge is 0.298 e. The van der Waals surface area contributed by atoms with Crippen molar-refractivity contribution >= 4 is 50.1 Å². The summed E-state index contributed by atoms with van der Waals surface area (Å²) in [4.78, 5) is 22.6. The molecule has 2 fully saturated rings. The Morgan fingerprint density at radius 1 is 1.13 bits per heavy atom. The molecule has 1 N–H and O–H groups in total. The predicted octanol–water partition coefficient (Wildman–Crippen LogP) is 5.26. The minimum atomic E-state index is -0.00362. The van der Waals surface area contributed by atoms with Gasteiger partial charge in [0.1, 0.15) is 0 Å². The predicted molar refractivity (Wildman–Crippen MR) is 135 cm³/mol. The first-order valence-corrected chi connectivity index (χ1v) is 12.9. The SMILES string of the molecule is CC1CCN(c2cc3nc(C(C)(C)C)sc3cc2NC(=O)SN2CCN(C)CC2)CC1. The van der Waals surface area contributed by atoms with Gasteiger partial charge in [0.15, 0.2) is 0 Å². The van der Waals surface area contributed by atoms with Gasteiger partial charge >= 0.3 is 0 Å². The number of piperazine rings is 1. The number of piperidine rings is 1. The molecule has 4 rings (SSSR count). The molecule has 0 saturated carbocycles. The molecule has 31 heavy (non-hydrogen) atoms. The summed E-state index contributed by atoms with van der Waals surface area (Å²) in [5, 5.41) is 4.36. The maximum Gasteiger partial charge on any atom is 0.298 e. The molecular weight excluding hydrogens is 426 g/mol. The third-order valence-corrected chi connectivity index (χ3v) is 8.52. The zero-order valence-corrected chi connectivity index (χ0v) is 21.0. The third kappa shape index (κ3) is 5.53. The molecule has 8 heteroatoms. The van der Waals surface area contributed by atoms with Crippen molar-refractivity contribution in [2.75, 3.05) is 56.5 Å². The summed E-state index contributed by atoms with van der Waals surface area (Å²) in [6.45, 7) is 14.8. The number of fused-ring (bicyclic) bond motifs is 1. The van der Waals surface area contributed by atoms with Crippen LogP contribution < -0.4 is 10.2 Å². The van der Waals surface area contributed by atoms with Crippen molar-refractivity contribution < 1.29 is 4.79 Å². The highest BCUT2D eigenvalue weighted by molar-refractivity contribution is 8.11. The lowest BCUT2D eigenvalue weighted by Gasteiger charge is -2.33. The van der Waals surface area contributed by atoms with Gasteiger partial charge in [-0.05, 0) is 37.9 Å². The fraction of sp³-hybridized carbons (Fsp3) is 0.652. The Labute approximate surface area is 194 Å². The average molecular weight is 462 g/mol. The highest BCUT2D eigenvalue weighted by Gasteiger charge is 2.24. The first-order chi connectivity index (χ1) is 14.7. The Hall–Kier alpha value is -1.35. The first kappa shape index (κ1) is 22.8. The molecule has 0 bridgehead atoms. The molecular formula is C23H35N5OS2. The second-order valence-corrected chi connectivity index (χ2v) is 12.1. The van der Waals surface area contributed by atoms with E-state index in [1.807, 2.05) is 0 Å². The number of nitrogens with one attached hydrogen (secondary N) is 1. The van der Waals surface area contributed by atoms with Crippen LogP contribution >= 0.6 is 23.3 Å². The second kappa shape index (κ2) is 9.25. The van der Waals surface area contributed by atoms with Gasteiger partial charge in [0.2, 0.25) is 0 Å². The molecule has 0 spiro atoms. The van der Waals surface area contributed by atoms with Crippen molar-refractivity contribution in [1.82, 2.24) is 14.2 Å². The van der Waals surface area contributed by atoms with Crippen molar-refractivity contribution in [3.05, 3.63) is 17.1 Å². The fourth-order valence-electron chi connectivity index (χ4n) is 4.02. The number of anilines is 2. The van der Waals surface area contributed by atoms with Gasteiger partial charge in [0, 0.05) is 56.6 Å². The number of carbonyl (C=O) groups excluding carboxylic acids is 1. The highest BCUT2D eigenvalue weighted by atomic mass is 32.2. The van der Waals surface area contributed by atoms with Gasteiger partial charge in [-0.3, -0.25) is 4.79 Å². The fourth-order valence-corrected chi connectivity index (χ4v) is 5.80. The van der Waals surface area contributed by atoms with Crippen molar-refractivity contribution in [2.45, 2.75) is 46.0 Å². The van der Waals surface area contributed by atoms with Crippen LogP contribution in [0.1, 0.15) is 45.5 Å². The minimum absolute atomic E-state index is 0.00362. The Morgan fingerprint density at radius 3 is 2.45 bits per heavy atom. The number of benzene rings is 1. The average Bonchev–Trinajstić information content (AvgIpc) is 3.13. The van der Waals surface area contributed by atoms with Crippen LogP contribution in [-0.2, 0) is 5.41 Å². The second-order valence-electron chi connectivity index (χ2n) is 10.0. The molecule has 2 aliphatic heterocycles. The van der Waals surface area contributed by atoms with Crippen molar-refractivity contribution in [2.24, 2.45) is 5.92 Å². The zero-order valence-electron chi connectivity index (χ0n) is 19.4. The van der Waals surface area contributed by atoms with E-state index in [1.54, 1.807) is 11.3 Å². The van der Waals surface area contributed by atoms with E-state index in [1.165, 1.54) is 24.8 Å². The number of amides is 1. The lowest BCUT2D eigenvalue weighted by molar-refractivity contribution is 0.232. The van der Waals surface area contributed by atoms with Crippen LogP contribution in [0.4, 0.5) is 16.2 Å². The standard InChI is InChI=1S/C23H35N5OS2/c1-16-6-8-27(9-7-16)19-14-18-20(30-21(24-18)23(2,3)4)15-17(19)25-22(29)31-28-12-10-26(5)11-13-28/h14-16H,6-13H2,1-5H3,(H,25,29). The van der Waals surface area contributed by atoms with Crippen molar-refractivity contribution in [3.63, 3.8) is 0 Å². The summed E-state index contributed by atoms with van der Waals surface area (Å²) in [6.07, 6.45) is 2.37. The van der Waals surface area contributed by atoms with E-state index in [4.69, 9.17) is 4.98 Å². The number of likely N-dealkylation sites (N-methyl/N-ethyl adjacent to an activating group) is 1. The third-order valence-electron chi connectivity index (χ3n) is 6.18. The van der Waals surface area contributed by atoms with Crippen molar-refractivity contribution in [1.29, 1.82) is 0 Å². The molecule has 1 aromatic heterocycles. The van der Waals surface area contributed by atoms with Crippen LogP contribution in [0.25, 0.3) is 10.2 Å². The van der Waals surface area contributed by atoms with Crippen LogP contribution in [0.15, 0.2) is 12.1 Å². The molecule has 170 valence electrons. The first-order valence-electron chi connectivity index (χ1n) is 11.3. The number of hydrogen-bond donors (Lipinski definition) is 1. The van der Waals surface area contributed by atoms with E-state index in [2.05, 4.69) is 66.3 Å². The van der Waals surface area contributed by atoms with Gasteiger partial charge in [0.25, 0.3) is 5.24 Å². The van der Waals surface area contributed by atoms with Gasteiger partial charge in [-0.15, -0.1) is 11.3 Å². The largest absolute Gasteiger partial charge is 0.370 e. The molecule has 1 aromatic carbocycles. The summed E-state index contributed by atoms with van der Waals surface area (Å²) >= 11 is 3.05. The molecule has 0 radical (unpaired) electrons. The zero-order chi connectivity index (χ0) is 22.2. The van der Waals surface area contributed by atoms with E-state index >= 15 is 0 Å². The van der Waals surface area contributed by atoms with Crippen LogP contribution in [0, 0.1) is 5.92 Å². The maximum absolute atomic E-state index is 12.9. The summed E-state index contributed by atoms with van der Waals surface area (Å²) < 4.78 is 3.31. The molecule has 6 nitrogen and oxygen atoms in total. The van der Waals surface area contributed by atoms with E-state index in [-0.39, 0.29) is 10.7 Å². The molecule has 0 atom stereocenters. The molecule has 2 aromatic rings. The minimum Gasteiger partial charge on any atom is -0.370 e. The number of nitrogens with zero attached hydrogens (tertiary/aromatic N) is 4. The molecule has 2 saturated heterocycles. The Bertz CT molecular complexity index is 922. The number of thiazole rings is 1. The topological polar surface area (TPSA) is 51.7 Å². The number of carbonyl (C=O) groups is 1. The van der Waals surface area contributed by atoms with E-state index in [9.17, 15) is 4.79 Å². The van der Waals surface area contributed by atoms with E-state index < -0.39 is 0 Å². The normalized spacial score (nSPS) is 19.8. The quantitative estimate of drug-likeness (QED) is 0.630. The summed E-state index contributed by atoms with van der Waals surface area (Å²) in [5.41, 5.74) is 3.08. The lowest BCUT2D eigenvalue weighted by atomic mass is 9.98. The van der Waals surface area contributed by atoms with Gasteiger partial charge < -0.3 is 15.1 Å². The monoisotopic (exact) mass is 461 g/mol. The lowest BCUT2D eigenvalue weighted by Crippen LogP contribution is -2.41. The number of rotatable bonds is 3. The van der Waals surface area contributed by atoms with Gasteiger partial charge in [0.05, 0.1) is 26.6 Å². The molecule has 0 aliphatic carbocycles. The van der Waals surface area contributed by atoms with Crippen molar-refractivity contribution in [3.8, 4) is 0 Å². The van der Waals surface area contributed by atoms with E-state index in [0.717, 1.165) is 71.8 Å². The van der Waals surface area contributed by atoms with Gasteiger partial charge in [-0.2, -0.15) is 0 Å². The van der Waals surface area contributed by atoms with Crippen LogP contribution in [0.2, 0.25) is 0 Å². The molecule has 0 unspecified atom stereocenters. The van der Waals surface area contributed by atoms with Crippen LogP contribution in [0.5, 0.6) is 0 Å². The van der Waals surface area contributed by atoms with E-state index in [0.29, 0.717) is 0 Å². The molecule has 3 heterocycles. The summed E-state index contributed by atoms with van der Waals surface area (Å²) in [7, 11) is 2.13. The number of hydrogen-bond acceptors (Lipinski definition) is 7. The van der Waals surface area contributed by atoms with Crippen LogP contribution in [0.3, 0.4) is 0 Å². The Kier molecular flexibility index (Phi) is 6.82. The Balaban J connectivity index is 1.59. The van der Waals surface area contributed by atoms with Gasteiger partial charge in [-0.25, -0.2) is 9.29 Å². The summed E-state index contributed by atoms with van der Waals surface area (Å²) in [5.74, 6) is 0.762. The Morgan fingerprint density at radius 2 is 1.81 bits per heavy atom. The summed E-state index contributed by atoms with van der Waals surface area (Å²) in [6, 6.07) is 4.32. The highest BCUT2D eigenvalue weighted by Crippen LogP contribution is 2.39. The molecule has 1 amide bonds. The maximum atomic E-state index is 12.9. The van der Waals surface area contributed by atoms with Crippen LogP contribution in [-0.4, -0.2) is 65.7 Å². The van der Waals surface area contributed by atoms with Gasteiger partial charge in [-0.1, -0.05) is 27.7 Å². The molecule has 2 aliphatic rings.